The second-order valence-electron chi connectivity index (χ2n) is 4.06. The van der Waals surface area contributed by atoms with Gasteiger partial charge in [0.25, 0.3) is 0 Å². The number of ketones is 1. The van der Waals surface area contributed by atoms with Crippen LogP contribution in [0.2, 0.25) is 0 Å². The Balaban J connectivity index is 2.05. The normalized spacial score (nSPS) is 10.1. The van der Waals surface area contributed by atoms with E-state index in [1.807, 2.05) is 12.1 Å². The van der Waals surface area contributed by atoms with Crippen molar-refractivity contribution in [2.75, 3.05) is 6.61 Å². The average Bonchev–Trinajstić information content (AvgIpc) is 2.45. The Morgan fingerprint density at radius 2 is 1.90 bits per heavy atom. The molecule has 0 fully saturated rings. The SMILES string of the molecule is O=Cc1cc(F)cc(OCC(=O)c2ccc(I)cc2)c1. The molecular formula is C15H10FIO3. The van der Waals surface area contributed by atoms with Crippen LogP contribution in [0.15, 0.2) is 42.5 Å². The molecule has 0 aliphatic heterocycles. The number of Topliss-reactive ketones (excluding diaryl/α,β-unsaturated/α-hetero) is 1. The van der Waals surface area contributed by atoms with Gasteiger partial charge >= 0.3 is 0 Å². The molecule has 5 heteroatoms. The molecule has 2 aromatic carbocycles. The van der Waals surface area contributed by atoms with Crippen molar-refractivity contribution in [2.24, 2.45) is 0 Å². The van der Waals surface area contributed by atoms with E-state index in [0.717, 1.165) is 15.7 Å². The van der Waals surface area contributed by atoms with Crippen LogP contribution in [0.5, 0.6) is 5.75 Å². The molecule has 20 heavy (non-hydrogen) atoms. The van der Waals surface area contributed by atoms with E-state index in [2.05, 4.69) is 22.6 Å². The van der Waals surface area contributed by atoms with Gasteiger partial charge in [0.2, 0.25) is 0 Å². The molecule has 0 unspecified atom stereocenters. The summed E-state index contributed by atoms with van der Waals surface area (Å²) in [4.78, 5) is 22.5. The fourth-order valence-electron chi connectivity index (χ4n) is 1.60. The first-order chi connectivity index (χ1) is 9.58. The molecule has 3 nitrogen and oxygen atoms in total. The molecule has 0 N–H and O–H groups in total. The number of aldehydes is 1. The lowest BCUT2D eigenvalue weighted by molar-refractivity contribution is 0.0921. The molecule has 0 heterocycles. The minimum absolute atomic E-state index is 0.158. The monoisotopic (exact) mass is 384 g/mol. The molecule has 0 atom stereocenters. The Labute approximate surface area is 128 Å². The molecule has 0 saturated carbocycles. The molecule has 0 amide bonds. The van der Waals surface area contributed by atoms with Crippen molar-refractivity contribution in [2.45, 2.75) is 0 Å². The maximum atomic E-state index is 13.2. The van der Waals surface area contributed by atoms with E-state index in [0.29, 0.717) is 11.8 Å². The highest BCUT2D eigenvalue weighted by molar-refractivity contribution is 14.1. The van der Waals surface area contributed by atoms with Gasteiger partial charge in [-0.1, -0.05) is 12.1 Å². The standard InChI is InChI=1S/C15H10FIO3/c16-12-5-10(8-18)6-14(7-12)20-9-15(19)11-1-3-13(17)4-2-11/h1-8H,9H2. The van der Waals surface area contributed by atoms with Gasteiger partial charge in [-0.05, 0) is 46.9 Å². The summed E-state index contributed by atoms with van der Waals surface area (Å²) in [5, 5.41) is 0. The Morgan fingerprint density at radius 3 is 2.55 bits per heavy atom. The van der Waals surface area contributed by atoms with E-state index in [1.54, 1.807) is 12.1 Å². The molecule has 0 saturated heterocycles. The van der Waals surface area contributed by atoms with E-state index in [9.17, 15) is 14.0 Å². The van der Waals surface area contributed by atoms with Gasteiger partial charge in [0.05, 0.1) is 0 Å². The zero-order valence-electron chi connectivity index (χ0n) is 10.3. The highest BCUT2D eigenvalue weighted by atomic mass is 127. The van der Waals surface area contributed by atoms with Gasteiger partial charge in [-0.3, -0.25) is 9.59 Å². The van der Waals surface area contributed by atoms with Crippen molar-refractivity contribution in [1.82, 2.24) is 0 Å². The highest BCUT2D eigenvalue weighted by Crippen LogP contribution is 2.16. The molecule has 0 spiro atoms. The Morgan fingerprint density at radius 1 is 1.20 bits per heavy atom. The third-order valence-electron chi connectivity index (χ3n) is 2.57. The van der Waals surface area contributed by atoms with Gasteiger partial charge in [0.1, 0.15) is 17.9 Å². The average molecular weight is 384 g/mol. The summed E-state index contributed by atoms with van der Waals surface area (Å²) in [7, 11) is 0. The van der Waals surface area contributed by atoms with Crippen LogP contribution in [0, 0.1) is 9.39 Å². The Bertz CT molecular complexity index is 638. The van der Waals surface area contributed by atoms with Crippen molar-refractivity contribution in [3.05, 3.63) is 63.0 Å². The summed E-state index contributed by atoms with van der Waals surface area (Å²) in [6.45, 7) is -0.206. The van der Waals surface area contributed by atoms with Crippen molar-refractivity contribution < 1.29 is 18.7 Å². The number of benzene rings is 2. The molecule has 2 aromatic rings. The van der Waals surface area contributed by atoms with Crippen molar-refractivity contribution in [3.8, 4) is 5.75 Å². The van der Waals surface area contributed by atoms with Gasteiger partial charge in [-0.25, -0.2) is 4.39 Å². The van der Waals surface area contributed by atoms with Gasteiger partial charge in [0.15, 0.2) is 12.4 Å². The zero-order chi connectivity index (χ0) is 14.5. The van der Waals surface area contributed by atoms with E-state index in [1.165, 1.54) is 6.07 Å². The smallest absolute Gasteiger partial charge is 0.200 e. The predicted octanol–water partition coefficient (Wildman–Crippen LogP) is 3.50. The first-order valence-corrected chi connectivity index (χ1v) is 6.83. The second kappa shape index (κ2) is 6.60. The third kappa shape index (κ3) is 3.86. The van der Waals surface area contributed by atoms with E-state index in [-0.39, 0.29) is 23.7 Å². The van der Waals surface area contributed by atoms with Crippen LogP contribution in [-0.2, 0) is 0 Å². The lowest BCUT2D eigenvalue weighted by Crippen LogP contribution is -2.11. The summed E-state index contributed by atoms with van der Waals surface area (Å²) in [6.07, 6.45) is 0.525. The minimum Gasteiger partial charge on any atom is -0.485 e. The van der Waals surface area contributed by atoms with Gasteiger partial charge in [0, 0.05) is 20.8 Å². The molecule has 0 bridgehead atoms. The van der Waals surface area contributed by atoms with E-state index < -0.39 is 5.82 Å². The third-order valence-corrected chi connectivity index (χ3v) is 3.29. The molecule has 0 aliphatic rings. The van der Waals surface area contributed by atoms with E-state index in [4.69, 9.17) is 4.74 Å². The quantitative estimate of drug-likeness (QED) is 0.450. The first-order valence-electron chi connectivity index (χ1n) is 5.76. The van der Waals surface area contributed by atoms with Crippen LogP contribution in [0.4, 0.5) is 4.39 Å². The molecular weight excluding hydrogens is 374 g/mol. The maximum absolute atomic E-state index is 13.2. The van der Waals surface area contributed by atoms with E-state index >= 15 is 0 Å². The molecule has 102 valence electrons. The maximum Gasteiger partial charge on any atom is 0.200 e. The molecule has 2 rings (SSSR count). The zero-order valence-corrected chi connectivity index (χ0v) is 12.5. The number of carbonyl (C=O) groups excluding carboxylic acids is 2. The summed E-state index contributed by atoms with van der Waals surface area (Å²) < 4.78 is 19.4. The van der Waals surface area contributed by atoms with Crippen LogP contribution in [-0.4, -0.2) is 18.7 Å². The first kappa shape index (κ1) is 14.6. The largest absolute Gasteiger partial charge is 0.485 e. The number of hydrogen-bond acceptors (Lipinski definition) is 3. The van der Waals surface area contributed by atoms with Crippen molar-refractivity contribution in [1.29, 1.82) is 0 Å². The van der Waals surface area contributed by atoms with Crippen LogP contribution in [0.3, 0.4) is 0 Å². The van der Waals surface area contributed by atoms with Gasteiger partial charge < -0.3 is 4.74 Å². The fourth-order valence-corrected chi connectivity index (χ4v) is 1.96. The highest BCUT2D eigenvalue weighted by Gasteiger charge is 2.08. The van der Waals surface area contributed by atoms with Crippen LogP contribution in [0.25, 0.3) is 0 Å². The predicted molar refractivity (Wildman–Crippen MR) is 80.8 cm³/mol. The minimum atomic E-state index is -0.577. The fraction of sp³-hybridized carbons (Fsp3) is 0.0667. The Kier molecular flexibility index (Phi) is 4.84. The van der Waals surface area contributed by atoms with Crippen LogP contribution < -0.4 is 4.74 Å². The van der Waals surface area contributed by atoms with Crippen molar-refractivity contribution in [3.63, 3.8) is 0 Å². The summed E-state index contributed by atoms with van der Waals surface area (Å²) in [5.41, 5.74) is 0.694. The number of hydrogen-bond donors (Lipinski definition) is 0. The molecule has 0 aliphatic carbocycles. The number of rotatable bonds is 5. The van der Waals surface area contributed by atoms with Gasteiger partial charge in [-0.2, -0.15) is 0 Å². The Hall–Kier alpha value is -1.76. The van der Waals surface area contributed by atoms with Crippen LogP contribution >= 0.6 is 22.6 Å². The number of carbonyl (C=O) groups is 2. The molecule has 0 aromatic heterocycles. The number of halogens is 2. The lowest BCUT2D eigenvalue weighted by atomic mass is 10.1. The summed E-state index contributed by atoms with van der Waals surface area (Å²) in [6, 6.07) is 10.7. The summed E-state index contributed by atoms with van der Waals surface area (Å²) in [5.74, 6) is -0.629. The molecule has 0 radical (unpaired) electrons. The summed E-state index contributed by atoms with van der Waals surface area (Å²) >= 11 is 2.14. The number of ether oxygens (including phenoxy) is 1. The van der Waals surface area contributed by atoms with Crippen LogP contribution in [0.1, 0.15) is 20.7 Å². The van der Waals surface area contributed by atoms with Gasteiger partial charge in [-0.15, -0.1) is 0 Å². The second-order valence-corrected chi connectivity index (χ2v) is 5.30. The lowest BCUT2D eigenvalue weighted by Gasteiger charge is -2.06. The topological polar surface area (TPSA) is 43.4 Å². The van der Waals surface area contributed by atoms with Crippen molar-refractivity contribution >= 4 is 34.7 Å².